The molecule has 0 saturated carbocycles. The van der Waals surface area contributed by atoms with Crippen LogP contribution in [0.3, 0.4) is 0 Å². The summed E-state index contributed by atoms with van der Waals surface area (Å²) < 4.78 is 10.8. The van der Waals surface area contributed by atoms with Crippen LogP contribution < -0.4 is 11.1 Å². The number of nitrogens with two attached hydrogens (primary N) is 1. The Bertz CT molecular complexity index is 285. The van der Waals surface area contributed by atoms with E-state index < -0.39 is 11.7 Å². The molecule has 4 atom stereocenters. The third kappa shape index (κ3) is 2.30. The Balaban J connectivity index is 1.88. The highest BCUT2D eigenvalue weighted by molar-refractivity contribution is 5.68. The predicted octanol–water partition coefficient (Wildman–Crippen LogP) is 0.768. The Kier molecular flexibility index (Phi) is 2.84. The van der Waals surface area contributed by atoms with E-state index in [2.05, 4.69) is 5.32 Å². The first-order valence-electron chi connectivity index (χ1n) is 5.77. The molecule has 0 aliphatic carbocycles. The first-order chi connectivity index (χ1) is 7.37. The summed E-state index contributed by atoms with van der Waals surface area (Å²) in [6.45, 7) is 5.51. The van der Waals surface area contributed by atoms with Crippen LogP contribution in [0.25, 0.3) is 0 Å². The van der Waals surface area contributed by atoms with Crippen LogP contribution in [0.1, 0.15) is 33.6 Å². The highest BCUT2D eigenvalue weighted by atomic mass is 16.6. The van der Waals surface area contributed by atoms with Gasteiger partial charge in [0.1, 0.15) is 5.60 Å². The topological polar surface area (TPSA) is 73.6 Å². The number of alkyl carbamates (subject to hydrolysis) is 1. The van der Waals surface area contributed by atoms with Crippen molar-refractivity contribution in [3.05, 3.63) is 0 Å². The minimum atomic E-state index is -0.480. The van der Waals surface area contributed by atoms with E-state index in [4.69, 9.17) is 15.2 Å². The van der Waals surface area contributed by atoms with Gasteiger partial charge in [0.2, 0.25) is 0 Å². The number of rotatable bonds is 1. The fourth-order valence-electron chi connectivity index (χ4n) is 2.35. The minimum absolute atomic E-state index is 0.0625. The molecule has 1 amide bonds. The van der Waals surface area contributed by atoms with Crippen molar-refractivity contribution in [1.82, 2.24) is 5.32 Å². The summed E-state index contributed by atoms with van der Waals surface area (Å²) >= 11 is 0. The molecule has 5 heteroatoms. The fourth-order valence-corrected chi connectivity index (χ4v) is 2.35. The summed E-state index contributed by atoms with van der Waals surface area (Å²) in [6, 6.07) is -0.208. The highest BCUT2D eigenvalue weighted by Gasteiger charge is 2.48. The Morgan fingerprint density at radius 1 is 1.38 bits per heavy atom. The Labute approximate surface area is 95.7 Å². The van der Waals surface area contributed by atoms with Gasteiger partial charge < -0.3 is 20.5 Å². The lowest BCUT2D eigenvalue weighted by Crippen LogP contribution is -2.54. The quantitative estimate of drug-likeness (QED) is 0.695. The van der Waals surface area contributed by atoms with Gasteiger partial charge >= 0.3 is 6.09 Å². The number of carbonyl (C=O) groups is 1. The van der Waals surface area contributed by atoms with Crippen LogP contribution >= 0.6 is 0 Å². The van der Waals surface area contributed by atoms with Crippen LogP contribution in [0, 0.1) is 0 Å². The number of hydrogen-bond donors (Lipinski definition) is 2. The molecule has 2 saturated heterocycles. The lowest BCUT2D eigenvalue weighted by molar-refractivity contribution is 0.0460. The van der Waals surface area contributed by atoms with Crippen molar-refractivity contribution in [1.29, 1.82) is 0 Å². The molecule has 0 aromatic heterocycles. The Morgan fingerprint density at radius 2 is 2.00 bits per heavy atom. The number of fused-ring (bicyclic) bond motifs is 2. The molecule has 3 N–H and O–H groups in total. The van der Waals surface area contributed by atoms with Crippen LogP contribution in [0.2, 0.25) is 0 Å². The molecule has 0 spiro atoms. The van der Waals surface area contributed by atoms with Gasteiger partial charge in [-0.3, -0.25) is 0 Å². The first kappa shape index (κ1) is 11.7. The van der Waals surface area contributed by atoms with Crippen molar-refractivity contribution in [2.24, 2.45) is 5.73 Å². The second kappa shape index (κ2) is 3.89. The molecule has 4 unspecified atom stereocenters. The molecule has 0 aromatic carbocycles. The monoisotopic (exact) mass is 228 g/mol. The van der Waals surface area contributed by atoms with Gasteiger partial charge in [-0.25, -0.2) is 4.79 Å². The van der Waals surface area contributed by atoms with E-state index in [-0.39, 0.29) is 24.3 Å². The zero-order valence-corrected chi connectivity index (χ0v) is 10.0. The molecule has 0 aromatic rings. The summed E-state index contributed by atoms with van der Waals surface area (Å²) in [5.74, 6) is 0. The van der Waals surface area contributed by atoms with E-state index in [0.717, 1.165) is 12.8 Å². The van der Waals surface area contributed by atoms with Crippen molar-refractivity contribution in [2.75, 3.05) is 0 Å². The lowest BCUT2D eigenvalue weighted by atomic mass is 9.91. The molecule has 2 heterocycles. The van der Waals surface area contributed by atoms with Crippen LogP contribution in [0.4, 0.5) is 4.79 Å². The smallest absolute Gasteiger partial charge is 0.408 e. The van der Waals surface area contributed by atoms with E-state index in [9.17, 15) is 4.79 Å². The van der Waals surface area contributed by atoms with Crippen molar-refractivity contribution < 1.29 is 14.3 Å². The Hall–Kier alpha value is -0.810. The normalized spacial score (nSPS) is 37.5. The van der Waals surface area contributed by atoms with Crippen LogP contribution in [-0.4, -0.2) is 36.0 Å². The summed E-state index contributed by atoms with van der Waals surface area (Å²) in [5.41, 5.74) is 5.50. The maximum absolute atomic E-state index is 11.6. The van der Waals surface area contributed by atoms with Crippen molar-refractivity contribution in [3.63, 3.8) is 0 Å². The van der Waals surface area contributed by atoms with E-state index in [1.807, 2.05) is 20.8 Å². The third-order valence-electron chi connectivity index (χ3n) is 3.01. The Morgan fingerprint density at radius 3 is 2.50 bits per heavy atom. The molecule has 2 fully saturated rings. The summed E-state index contributed by atoms with van der Waals surface area (Å²) in [5, 5.41) is 2.81. The van der Waals surface area contributed by atoms with Crippen LogP contribution in [-0.2, 0) is 9.47 Å². The molecule has 2 aliphatic heterocycles. The van der Waals surface area contributed by atoms with Gasteiger partial charge in [0, 0.05) is 0 Å². The maximum Gasteiger partial charge on any atom is 0.408 e. The van der Waals surface area contributed by atoms with Crippen LogP contribution in [0.5, 0.6) is 0 Å². The van der Waals surface area contributed by atoms with Crippen LogP contribution in [0.15, 0.2) is 0 Å². The van der Waals surface area contributed by atoms with E-state index >= 15 is 0 Å². The van der Waals surface area contributed by atoms with Crippen molar-refractivity contribution in [3.8, 4) is 0 Å². The predicted molar refractivity (Wildman–Crippen MR) is 59.0 cm³/mol. The molecule has 5 nitrogen and oxygen atoms in total. The van der Waals surface area contributed by atoms with E-state index in [1.165, 1.54) is 0 Å². The molecule has 2 bridgehead atoms. The first-order valence-corrected chi connectivity index (χ1v) is 5.77. The zero-order chi connectivity index (χ0) is 11.9. The number of amides is 1. The highest BCUT2D eigenvalue weighted by Crippen LogP contribution is 2.33. The second-order valence-corrected chi connectivity index (χ2v) is 5.54. The summed E-state index contributed by atoms with van der Waals surface area (Å²) in [7, 11) is 0. The van der Waals surface area contributed by atoms with E-state index in [0.29, 0.717) is 0 Å². The minimum Gasteiger partial charge on any atom is -0.444 e. The molecule has 0 radical (unpaired) electrons. The molecule has 92 valence electrons. The maximum atomic E-state index is 11.6. The zero-order valence-electron chi connectivity index (χ0n) is 10.0. The fraction of sp³-hybridized carbons (Fsp3) is 0.909. The largest absolute Gasteiger partial charge is 0.444 e. The number of ether oxygens (including phenoxy) is 2. The number of nitrogens with one attached hydrogen (secondary N) is 1. The summed E-state index contributed by atoms with van der Waals surface area (Å²) in [4.78, 5) is 11.6. The molecular weight excluding hydrogens is 208 g/mol. The molecule has 2 aliphatic rings. The molecule has 16 heavy (non-hydrogen) atoms. The van der Waals surface area contributed by atoms with Crippen molar-refractivity contribution >= 4 is 6.09 Å². The number of hydrogen-bond acceptors (Lipinski definition) is 4. The molecular formula is C11H20N2O3. The van der Waals surface area contributed by atoms with Crippen molar-refractivity contribution in [2.45, 2.75) is 63.5 Å². The van der Waals surface area contributed by atoms with Gasteiger partial charge in [0.05, 0.1) is 24.3 Å². The second-order valence-electron chi connectivity index (χ2n) is 5.54. The van der Waals surface area contributed by atoms with Gasteiger partial charge in [-0.05, 0) is 33.6 Å². The SMILES string of the molecule is CC(C)(C)OC(=O)NC1C2CCC(O2)C1N. The van der Waals surface area contributed by atoms with E-state index in [1.54, 1.807) is 0 Å². The number of carbonyl (C=O) groups excluding carboxylic acids is 1. The lowest BCUT2D eigenvalue weighted by Gasteiger charge is -2.27. The van der Waals surface area contributed by atoms with Gasteiger partial charge in [-0.1, -0.05) is 0 Å². The average molecular weight is 228 g/mol. The standard InChI is InChI=1S/C11H20N2O3/c1-11(2,3)16-10(14)13-9-7-5-4-6(15-7)8(9)12/h6-9H,4-5,12H2,1-3H3,(H,13,14). The van der Waals surface area contributed by atoms with Gasteiger partial charge in [0.15, 0.2) is 0 Å². The van der Waals surface area contributed by atoms with Gasteiger partial charge in [-0.15, -0.1) is 0 Å². The summed E-state index contributed by atoms with van der Waals surface area (Å²) in [6.07, 6.45) is 1.72. The van der Waals surface area contributed by atoms with Gasteiger partial charge in [0.25, 0.3) is 0 Å². The average Bonchev–Trinajstić information content (AvgIpc) is 2.66. The molecule has 2 rings (SSSR count). The third-order valence-corrected chi connectivity index (χ3v) is 3.01. The van der Waals surface area contributed by atoms with Gasteiger partial charge in [-0.2, -0.15) is 0 Å².